The van der Waals surface area contributed by atoms with Crippen LogP contribution in [-0.4, -0.2) is 36.5 Å². The number of quaternary nitrogens is 1. The van der Waals surface area contributed by atoms with Crippen molar-refractivity contribution < 1.29 is 10.2 Å². The number of hydrogen-bond acceptors (Lipinski definition) is 2. The zero-order chi connectivity index (χ0) is 14.3. The largest absolute Gasteiger partial charge is 0.390 e. The van der Waals surface area contributed by atoms with Gasteiger partial charge in [-0.2, -0.15) is 0 Å². The van der Waals surface area contributed by atoms with Gasteiger partial charge in [0.15, 0.2) is 0 Å². The highest BCUT2D eigenvalue weighted by Crippen LogP contribution is 2.25. The van der Waals surface area contributed by atoms with Crippen molar-refractivity contribution >= 4 is 5.69 Å². The molecule has 0 aliphatic heterocycles. The van der Waals surface area contributed by atoms with Crippen molar-refractivity contribution in [3.63, 3.8) is 0 Å². The van der Waals surface area contributed by atoms with Gasteiger partial charge < -0.3 is 10.2 Å². The summed E-state index contributed by atoms with van der Waals surface area (Å²) in [7, 11) is 0. The molecule has 0 aliphatic carbocycles. The van der Waals surface area contributed by atoms with Gasteiger partial charge in [-0.1, -0.05) is 48.5 Å². The molecule has 0 bridgehead atoms. The van der Waals surface area contributed by atoms with Crippen molar-refractivity contribution in [1.82, 2.24) is 4.48 Å². The topological polar surface area (TPSA) is 40.5 Å². The van der Waals surface area contributed by atoms with E-state index in [1.54, 1.807) is 0 Å². The van der Waals surface area contributed by atoms with E-state index in [0.717, 1.165) is 12.2 Å². The van der Waals surface area contributed by atoms with Gasteiger partial charge in [-0.15, -0.1) is 0 Å². The molecule has 0 saturated carbocycles. The molecule has 20 heavy (non-hydrogen) atoms. The number of aliphatic hydroxyl groups is 2. The van der Waals surface area contributed by atoms with Crippen molar-refractivity contribution in [2.45, 2.75) is 6.54 Å². The molecule has 2 aromatic rings. The highest BCUT2D eigenvalue weighted by Gasteiger charge is 2.29. The molecule has 2 rings (SSSR count). The number of hydrogen-bond donors (Lipinski definition) is 2. The quantitative estimate of drug-likeness (QED) is 0.758. The molecular weight excluding hydrogens is 250 g/mol. The summed E-state index contributed by atoms with van der Waals surface area (Å²) in [6, 6.07) is 20.3. The number of rotatable bonds is 7. The third-order valence-corrected chi connectivity index (χ3v) is 3.69. The van der Waals surface area contributed by atoms with Crippen LogP contribution in [-0.2, 0) is 6.54 Å². The second-order valence-corrected chi connectivity index (χ2v) is 5.02. The molecule has 0 saturated heterocycles. The number of para-hydroxylation sites is 1. The van der Waals surface area contributed by atoms with Gasteiger partial charge in [0.05, 0.1) is 13.2 Å². The Morgan fingerprint density at radius 1 is 0.700 bits per heavy atom. The predicted octanol–water partition coefficient (Wildman–Crippen LogP) is 2.18. The zero-order valence-corrected chi connectivity index (χ0v) is 11.7. The maximum absolute atomic E-state index is 9.47. The van der Waals surface area contributed by atoms with E-state index in [4.69, 9.17) is 0 Å². The van der Waals surface area contributed by atoms with Crippen molar-refractivity contribution in [3.8, 4) is 0 Å². The Bertz CT molecular complexity index is 493. The van der Waals surface area contributed by atoms with Crippen LogP contribution in [0.2, 0.25) is 0 Å². The van der Waals surface area contributed by atoms with Crippen LogP contribution in [0.25, 0.3) is 0 Å². The van der Waals surface area contributed by atoms with Gasteiger partial charge in [-0.05, 0) is 12.1 Å². The fourth-order valence-corrected chi connectivity index (χ4v) is 2.68. The van der Waals surface area contributed by atoms with Crippen LogP contribution < -0.4 is 4.48 Å². The van der Waals surface area contributed by atoms with Crippen LogP contribution in [0.3, 0.4) is 0 Å². The molecular formula is C17H22NO2+. The molecule has 3 heteroatoms. The maximum atomic E-state index is 9.47. The smallest absolute Gasteiger partial charge is 0.133 e. The molecule has 2 aromatic carbocycles. The number of benzene rings is 2. The fourth-order valence-electron chi connectivity index (χ4n) is 2.68. The lowest BCUT2D eigenvalue weighted by molar-refractivity contribution is 0.157. The third kappa shape index (κ3) is 3.45. The molecule has 0 amide bonds. The van der Waals surface area contributed by atoms with Gasteiger partial charge >= 0.3 is 0 Å². The second-order valence-electron chi connectivity index (χ2n) is 5.02. The first-order chi connectivity index (χ1) is 9.80. The Hall–Kier alpha value is -1.68. The van der Waals surface area contributed by atoms with Crippen LogP contribution in [0.4, 0.5) is 5.69 Å². The Balaban J connectivity index is 2.36. The van der Waals surface area contributed by atoms with Crippen LogP contribution >= 0.6 is 0 Å². The van der Waals surface area contributed by atoms with Gasteiger partial charge in [-0.25, -0.2) is 0 Å². The summed E-state index contributed by atoms with van der Waals surface area (Å²) in [6.07, 6.45) is 0. The van der Waals surface area contributed by atoms with Crippen molar-refractivity contribution in [2.75, 3.05) is 26.3 Å². The van der Waals surface area contributed by atoms with Crippen molar-refractivity contribution in [3.05, 3.63) is 66.2 Å². The van der Waals surface area contributed by atoms with E-state index in [1.807, 2.05) is 36.4 Å². The highest BCUT2D eigenvalue weighted by molar-refractivity contribution is 5.43. The lowest BCUT2D eigenvalue weighted by Gasteiger charge is -2.37. The van der Waals surface area contributed by atoms with Gasteiger partial charge in [0.2, 0.25) is 0 Å². The normalized spacial score (nSPS) is 11.5. The van der Waals surface area contributed by atoms with E-state index in [9.17, 15) is 10.2 Å². The monoisotopic (exact) mass is 272 g/mol. The molecule has 0 heterocycles. The Morgan fingerprint density at radius 3 is 1.70 bits per heavy atom. The summed E-state index contributed by atoms with van der Waals surface area (Å²) in [5.41, 5.74) is 2.33. The van der Waals surface area contributed by atoms with Crippen molar-refractivity contribution in [1.29, 1.82) is 0 Å². The van der Waals surface area contributed by atoms with Crippen LogP contribution in [0.1, 0.15) is 5.56 Å². The predicted molar refractivity (Wildman–Crippen MR) is 82.3 cm³/mol. The van der Waals surface area contributed by atoms with Gasteiger partial charge in [0.1, 0.15) is 25.3 Å². The summed E-state index contributed by atoms with van der Waals surface area (Å²) in [5.74, 6) is 0. The first-order valence-electron chi connectivity index (χ1n) is 6.98. The number of aliphatic hydroxyl groups excluding tert-OH is 2. The third-order valence-electron chi connectivity index (χ3n) is 3.69. The fraction of sp³-hybridized carbons (Fsp3) is 0.294. The first kappa shape index (κ1) is 14.7. The second kappa shape index (κ2) is 7.20. The average molecular weight is 272 g/mol. The molecule has 0 aliphatic rings. The van der Waals surface area contributed by atoms with Crippen molar-refractivity contribution in [2.24, 2.45) is 0 Å². The zero-order valence-electron chi connectivity index (χ0n) is 11.7. The van der Waals surface area contributed by atoms with Gasteiger partial charge in [0, 0.05) is 5.56 Å². The minimum Gasteiger partial charge on any atom is -0.390 e. The molecule has 3 nitrogen and oxygen atoms in total. The van der Waals surface area contributed by atoms with Gasteiger partial charge in [-0.3, -0.25) is 4.48 Å². The molecule has 106 valence electrons. The number of nitrogens with zero attached hydrogens (tertiary/aromatic N) is 1. The maximum Gasteiger partial charge on any atom is 0.133 e. The lowest BCUT2D eigenvalue weighted by Crippen LogP contribution is -2.52. The van der Waals surface area contributed by atoms with Crippen LogP contribution in [0.5, 0.6) is 0 Å². The summed E-state index contributed by atoms with van der Waals surface area (Å²) in [6.45, 7) is 2.16. The van der Waals surface area contributed by atoms with E-state index in [-0.39, 0.29) is 13.2 Å². The Labute approximate surface area is 120 Å². The molecule has 0 unspecified atom stereocenters. The van der Waals surface area contributed by atoms with E-state index >= 15 is 0 Å². The van der Waals surface area contributed by atoms with Crippen LogP contribution in [0.15, 0.2) is 60.7 Å². The lowest BCUT2D eigenvalue weighted by atomic mass is 10.1. The summed E-state index contributed by atoms with van der Waals surface area (Å²) >= 11 is 0. The van der Waals surface area contributed by atoms with E-state index in [1.165, 1.54) is 5.56 Å². The summed E-state index contributed by atoms with van der Waals surface area (Å²) in [4.78, 5) is 0. The molecule has 0 atom stereocenters. The Morgan fingerprint density at radius 2 is 1.20 bits per heavy atom. The first-order valence-corrected chi connectivity index (χ1v) is 6.98. The minimum atomic E-state index is 0.0989. The minimum absolute atomic E-state index is 0.0989. The molecule has 0 aromatic heterocycles. The molecule has 2 N–H and O–H groups in total. The van der Waals surface area contributed by atoms with Gasteiger partial charge in [0.25, 0.3) is 0 Å². The molecule has 0 radical (unpaired) electrons. The highest BCUT2D eigenvalue weighted by atomic mass is 16.3. The molecule has 0 spiro atoms. The molecule has 0 fully saturated rings. The summed E-state index contributed by atoms with van der Waals surface area (Å²) < 4.78 is 0.567. The van der Waals surface area contributed by atoms with E-state index in [0.29, 0.717) is 17.6 Å². The van der Waals surface area contributed by atoms with E-state index in [2.05, 4.69) is 24.3 Å². The standard InChI is InChI=1S/C17H22NO2/c19-13-11-18(12-14-20,17-9-5-2-6-10-17)15-16-7-3-1-4-8-16/h1-10,19-20H,11-15H2/q+1. The SMILES string of the molecule is OCC[N+](CCO)(Cc1ccccc1)c1ccccc1. The summed E-state index contributed by atoms with van der Waals surface area (Å²) in [5, 5.41) is 18.9. The van der Waals surface area contributed by atoms with Crippen LogP contribution in [0, 0.1) is 0 Å². The Kier molecular flexibility index (Phi) is 5.30. The average Bonchev–Trinajstić information content (AvgIpc) is 2.49. The van der Waals surface area contributed by atoms with E-state index < -0.39 is 0 Å².